The van der Waals surface area contributed by atoms with Crippen LogP contribution in [0.2, 0.25) is 0 Å². The number of ether oxygens (including phenoxy) is 1. The number of hydrogen-bond acceptors (Lipinski definition) is 3. The number of anilines is 1. The van der Waals surface area contributed by atoms with Crippen molar-refractivity contribution in [2.75, 3.05) is 11.9 Å². The van der Waals surface area contributed by atoms with E-state index in [1.54, 1.807) is 6.08 Å². The normalized spacial score (nSPS) is 10.2. The van der Waals surface area contributed by atoms with Gasteiger partial charge in [-0.2, -0.15) is 0 Å². The highest BCUT2D eigenvalue weighted by Gasteiger charge is 2.05. The summed E-state index contributed by atoms with van der Waals surface area (Å²) in [4.78, 5) is 0. The van der Waals surface area contributed by atoms with Crippen molar-refractivity contribution in [3.8, 4) is 11.5 Å². The summed E-state index contributed by atoms with van der Waals surface area (Å²) < 4.78 is 5.45. The van der Waals surface area contributed by atoms with Crippen molar-refractivity contribution in [2.45, 2.75) is 20.4 Å². The zero-order valence-corrected chi connectivity index (χ0v) is 12.5. The van der Waals surface area contributed by atoms with Gasteiger partial charge in [0.05, 0.1) is 0 Å². The standard InChI is InChI=1S/C18H21NO2/c1-4-11-21-16-8-6-15(7-9-16)12-19-17-10-5-13(2)18(20)14(17)3/h4-10,19-20H,1,11-12H2,2-3H3. The van der Waals surface area contributed by atoms with Gasteiger partial charge in [-0.15, -0.1) is 0 Å². The Kier molecular flexibility index (Phi) is 4.88. The molecule has 2 aromatic carbocycles. The van der Waals surface area contributed by atoms with E-state index in [1.807, 2.05) is 50.2 Å². The van der Waals surface area contributed by atoms with Crippen LogP contribution in [0.25, 0.3) is 0 Å². The number of hydrogen-bond donors (Lipinski definition) is 2. The quantitative estimate of drug-likeness (QED) is 0.781. The maximum atomic E-state index is 9.94. The average molecular weight is 283 g/mol. The topological polar surface area (TPSA) is 41.5 Å². The third-order valence-corrected chi connectivity index (χ3v) is 3.41. The van der Waals surface area contributed by atoms with Crippen LogP contribution in [0.4, 0.5) is 5.69 Å². The van der Waals surface area contributed by atoms with Gasteiger partial charge in [0, 0.05) is 17.8 Å². The predicted octanol–water partition coefficient (Wildman–Crippen LogP) is 4.19. The second-order valence-electron chi connectivity index (χ2n) is 5.00. The Hall–Kier alpha value is -2.42. The van der Waals surface area contributed by atoms with Gasteiger partial charge in [-0.3, -0.25) is 0 Å². The van der Waals surface area contributed by atoms with Gasteiger partial charge in [-0.1, -0.05) is 30.9 Å². The lowest BCUT2D eigenvalue weighted by atomic mass is 10.1. The van der Waals surface area contributed by atoms with Gasteiger partial charge >= 0.3 is 0 Å². The fourth-order valence-electron chi connectivity index (χ4n) is 2.08. The first-order chi connectivity index (χ1) is 10.1. The number of nitrogens with one attached hydrogen (secondary N) is 1. The molecule has 0 aliphatic carbocycles. The molecule has 3 heteroatoms. The van der Waals surface area contributed by atoms with Crippen molar-refractivity contribution in [1.82, 2.24) is 0 Å². The molecule has 0 heterocycles. The second kappa shape index (κ2) is 6.84. The number of phenolic OH excluding ortho intramolecular Hbond substituents is 1. The molecule has 0 aliphatic rings. The number of rotatable bonds is 6. The molecule has 0 fully saturated rings. The summed E-state index contributed by atoms with van der Waals surface area (Å²) in [6.45, 7) is 8.65. The molecule has 110 valence electrons. The van der Waals surface area contributed by atoms with Gasteiger partial charge in [0.1, 0.15) is 18.1 Å². The van der Waals surface area contributed by atoms with Gasteiger partial charge in [0.15, 0.2) is 0 Å². The van der Waals surface area contributed by atoms with E-state index in [1.165, 1.54) is 0 Å². The molecule has 0 aliphatic heterocycles. The molecule has 2 N–H and O–H groups in total. The molecular formula is C18H21NO2. The Morgan fingerprint density at radius 2 is 1.86 bits per heavy atom. The molecule has 0 atom stereocenters. The van der Waals surface area contributed by atoms with Crippen molar-refractivity contribution in [2.24, 2.45) is 0 Å². The Labute approximate surface area is 125 Å². The highest BCUT2D eigenvalue weighted by atomic mass is 16.5. The first kappa shape index (κ1) is 15.0. The molecule has 0 amide bonds. The number of phenols is 1. The number of aryl methyl sites for hydroxylation is 1. The summed E-state index contributed by atoms with van der Waals surface area (Å²) in [7, 11) is 0. The molecule has 2 aromatic rings. The van der Waals surface area contributed by atoms with Gasteiger partial charge < -0.3 is 15.2 Å². The maximum Gasteiger partial charge on any atom is 0.123 e. The Morgan fingerprint density at radius 3 is 2.52 bits per heavy atom. The van der Waals surface area contributed by atoms with Crippen molar-refractivity contribution < 1.29 is 9.84 Å². The fourth-order valence-corrected chi connectivity index (χ4v) is 2.08. The van der Waals surface area contributed by atoms with Crippen LogP contribution in [0.5, 0.6) is 11.5 Å². The molecule has 2 rings (SSSR count). The summed E-state index contributed by atoms with van der Waals surface area (Å²) in [5, 5.41) is 13.3. The van der Waals surface area contributed by atoms with Crippen LogP contribution in [0, 0.1) is 13.8 Å². The SMILES string of the molecule is C=CCOc1ccc(CNc2ccc(C)c(O)c2C)cc1. The predicted molar refractivity (Wildman–Crippen MR) is 87.0 cm³/mol. The third kappa shape index (κ3) is 3.78. The molecular weight excluding hydrogens is 262 g/mol. The van der Waals surface area contributed by atoms with E-state index in [4.69, 9.17) is 4.74 Å². The molecule has 0 saturated carbocycles. The lowest BCUT2D eigenvalue weighted by Crippen LogP contribution is -2.01. The van der Waals surface area contributed by atoms with Crippen molar-refractivity contribution in [3.05, 3.63) is 65.7 Å². The molecule has 0 radical (unpaired) electrons. The maximum absolute atomic E-state index is 9.94. The van der Waals surface area contributed by atoms with Gasteiger partial charge in [-0.25, -0.2) is 0 Å². The van der Waals surface area contributed by atoms with Gasteiger partial charge in [0.25, 0.3) is 0 Å². The summed E-state index contributed by atoms with van der Waals surface area (Å²) >= 11 is 0. The highest BCUT2D eigenvalue weighted by molar-refractivity contribution is 5.59. The first-order valence-corrected chi connectivity index (χ1v) is 6.97. The Balaban J connectivity index is 2.00. The lowest BCUT2D eigenvalue weighted by Gasteiger charge is -2.12. The van der Waals surface area contributed by atoms with E-state index in [0.29, 0.717) is 18.9 Å². The van der Waals surface area contributed by atoms with E-state index >= 15 is 0 Å². The molecule has 0 unspecified atom stereocenters. The number of benzene rings is 2. The van der Waals surface area contributed by atoms with Crippen molar-refractivity contribution in [3.63, 3.8) is 0 Å². The second-order valence-corrected chi connectivity index (χ2v) is 5.00. The summed E-state index contributed by atoms with van der Waals surface area (Å²) in [5.74, 6) is 1.19. The summed E-state index contributed by atoms with van der Waals surface area (Å²) in [6, 6.07) is 11.8. The van der Waals surface area contributed by atoms with E-state index in [-0.39, 0.29) is 0 Å². The van der Waals surface area contributed by atoms with E-state index in [9.17, 15) is 5.11 Å². The minimum absolute atomic E-state index is 0.355. The molecule has 0 spiro atoms. The van der Waals surface area contributed by atoms with Gasteiger partial charge in [0.2, 0.25) is 0 Å². The van der Waals surface area contributed by atoms with Crippen LogP contribution in [-0.4, -0.2) is 11.7 Å². The minimum atomic E-state index is 0.355. The van der Waals surface area contributed by atoms with Crippen LogP contribution >= 0.6 is 0 Å². The Morgan fingerprint density at radius 1 is 1.14 bits per heavy atom. The van der Waals surface area contributed by atoms with Crippen LogP contribution in [0.15, 0.2) is 49.1 Å². The van der Waals surface area contributed by atoms with E-state index in [0.717, 1.165) is 28.1 Å². The van der Waals surface area contributed by atoms with Crippen molar-refractivity contribution >= 4 is 5.69 Å². The molecule has 3 nitrogen and oxygen atoms in total. The zero-order chi connectivity index (χ0) is 15.2. The molecule has 0 saturated heterocycles. The van der Waals surface area contributed by atoms with Crippen LogP contribution in [0.3, 0.4) is 0 Å². The Bertz CT molecular complexity index is 618. The van der Waals surface area contributed by atoms with Crippen LogP contribution in [-0.2, 0) is 6.54 Å². The molecule has 0 aromatic heterocycles. The molecule has 21 heavy (non-hydrogen) atoms. The summed E-state index contributed by atoms with van der Waals surface area (Å²) in [6.07, 6.45) is 1.72. The lowest BCUT2D eigenvalue weighted by molar-refractivity contribution is 0.363. The van der Waals surface area contributed by atoms with E-state index in [2.05, 4.69) is 11.9 Å². The number of aromatic hydroxyl groups is 1. The smallest absolute Gasteiger partial charge is 0.123 e. The molecule has 0 bridgehead atoms. The average Bonchev–Trinajstić information content (AvgIpc) is 2.51. The van der Waals surface area contributed by atoms with Crippen LogP contribution in [0.1, 0.15) is 16.7 Å². The fraction of sp³-hybridized carbons (Fsp3) is 0.222. The largest absolute Gasteiger partial charge is 0.507 e. The highest BCUT2D eigenvalue weighted by Crippen LogP contribution is 2.28. The minimum Gasteiger partial charge on any atom is -0.507 e. The summed E-state index contributed by atoms with van der Waals surface area (Å²) in [5.41, 5.74) is 3.87. The van der Waals surface area contributed by atoms with Crippen LogP contribution < -0.4 is 10.1 Å². The monoisotopic (exact) mass is 283 g/mol. The zero-order valence-electron chi connectivity index (χ0n) is 12.5. The third-order valence-electron chi connectivity index (χ3n) is 3.41. The van der Waals surface area contributed by atoms with E-state index < -0.39 is 0 Å². The van der Waals surface area contributed by atoms with Crippen molar-refractivity contribution in [1.29, 1.82) is 0 Å². The first-order valence-electron chi connectivity index (χ1n) is 6.97. The van der Waals surface area contributed by atoms with Gasteiger partial charge in [-0.05, 0) is 43.2 Å².